The SMILES string of the molecule is CC1=Cc2c(O[Si](C)(C)C(C)(C)C)cccc2[CH]1[Zr]([Cl])([Cl])([CH]1C(C)=Cc2c(O[Si](C)(C)C(C)(C)C)cccc21)=[Si](C)C. The molecule has 0 radical (unpaired) electrons. The first-order valence-electron chi connectivity index (χ1n) is 15.3. The number of allylic oxidation sites excluding steroid dienone is 2. The van der Waals surface area contributed by atoms with Crippen molar-refractivity contribution in [3.05, 3.63) is 69.8 Å². The van der Waals surface area contributed by atoms with Gasteiger partial charge in [0.25, 0.3) is 0 Å². The van der Waals surface area contributed by atoms with Crippen LogP contribution in [0.5, 0.6) is 11.5 Å². The molecular formula is C34H52Cl2O2Si3Zr. The van der Waals surface area contributed by atoms with E-state index in [9.17, 15) is 0 Å². The fourth-order valence-electron chi connectivity index (χ4n) is 6.23. The van der Waals surface area contributed by atoms with Crippen LogP contribution in [0.4, 0.5) is 0 Å². The van der Waals surface area contributed by atoms with Gasteiger partial charge in [-0.3, -0.25) is 0 Å². The first kappa shape index (κ1) is 34.5. The van der Waals surface area contributed by atoms with Gasteiger partial charge in [0, 0.05) is 0 Å². The minimum atomic E-state index is -4.76. The molecule has 0 saturated heterocycles. The number of hydrogen-bond acceptors (Lipinski definition) is 2. The zero-order valence-electron chi connectivity index (χ0n) is 28.3. The van der Waals surface area contributed by atoms with Crippen molar-refractivity contribution >= 4 is 51.2 Å². The molecule has 2 aromatic carbocycles. The van der Waals surface area contributed by atoms with Crippen molar-refractivity contribution in [2.75, 3.05) is 0 Å². The molecule has 2 aliphatic rings. The van der Waals surface area contributed by atoms with Crippen LogP contribution in [0, 0.1) is 0 Å². The Morgan fingerprint density at radius 1 is 0.667 bits per heavy atom. The maximum atomic E-state index is 8.38. The Bertz CT molecular complexity index is 1460. The molecule has 0 saturated carbocycles. The van der Waals surface area contributed by atoms with E-state index in [4.69, 9.17) is 25.9 Å². The van der Waals surface area contributed by atoms with Crippen molar-refractivity contribution in [1.82, 2.24) is 0 Å². The third-order valence-electron chi connectivity index (χ3n) is 10.8. The monoisotopic (exact) mass is 736 g/mol. The van der Waals surface area contributed by atoms with Gasteiger partial charge < -0.3 is 0 Å². The zero-order valence-corrected chi connectivity index (χ0v) is 35.3. The second-order valence-electron chi connectivity index (χ2n) is 16.0. The first-order valence-corrected chi connectivity index (χ1v) is 36.5. The van der Waals surface area contributed by atoms with Crippen LogP contribution in [0.3, 0.4) is 0 Å². The van der Waals surface area contributed by atoms with Gasteiger partial charge in [-0.1, -0.05) is 0 Å². The van der Waals surface area contributed by atoms with Crippen molar-refractivity contribution in [1.29, 1.82) is 0 Å². The van der Waals surface area contributed by atoms with E-state index in [1.165, 1.54) is 33.4 Å². The van der Waals surface area contributed by atoms with Crippen LogP contribution >= 0.6 is 17.0 Å². The minimum absolute atomic E-state index is 0.0425. The fraction of sp³-hybridized carbons (Fsp3) is 0.529. The summed E-state index contributed by atoms with van der Waals surface area (Å²) in [4.78, 5) is 0. The van der Waals surface area contributed by atoms with Crippen molar-refractivity contribution in [3.8, 4) is 11.5 Å². The van der Waals surface area contributed by atoms with Gasteiger partial charge in [0.2, 0.25) is 0 Å². The van der Waals surface area contributed by atoms with Crippen molar-refractivity contribution in [3.63, 3.8) is 0 Å². The van der Waals surface area contributed by atoms with E-state index in [0.29, 0.717) is 0 Å². The standard InChI is InChI=1S/2C16H23OSi.C2H6Si.2ClH.Zr/c2*1-12-10-13-8-7-9-15(14(13)11-12)17-18(5,6)16(2,3)4;1-3-2;;;/h2*7-11H,1-6H3;1-2H3;2*1H;/q;;;;;+2/p-2. The topological polar surface area (TPSA) is 18.5 Å². The number of fused-ring (bicyclic) bond motifs is 2. The molecule has 0 heterocycles. The van der Waals surface area contributed by atoms with Crippen LogP contribution in [0.2, 0.25) is 49.4 Å². The summed E-state index contributed by atoms with van der Waals surface area (Å²) in [5.74, 6) is 1.97. The fourth-order valence-corrected chi connectivity index (χ4v) is 38.7. The Morgan fingerprint density at radius 3 is 1.29 bits per heavy atom. The second kappa shape index (κ2) is 10.9. The quantitative estimate of drug-likeness (QED) is 0.275. The summed E-state index contributed by atoms with van der Waals surface area (Å²) in [6.45, 7) is 32.2. The first-order chi connectivity index (χ1) is 18.9. The Balaban J connectivity index is 1.90. The molecule has 0 aromatic heterocycles. The molecule has 2 unspecified atom stereocenters. The summed E-state index contributed by atoms with van der Waals surface area (Å²) in [5, 5.41) is 0.219. The number of benzene rings is 2. The van der Waals surface area contributed by atoms with Gasteiger partial charge in [-0.15, -0.1) is 0 Å². The number of hydrogen-bond donors (Lipinski definition) is 0. The van der Waals surface area contributed by atoms with E-state index in [2.05, 4.69) is 143 Å². The van der Waals surface area contributed by atoms with E-state index in [-0.39, 0.29) is 17.3 Å². The molecule has 2 aromatic rings. The molecular weight excluding hydrogens is 687 g/mol. The van der Waals surface area contributed by atoms with Gasteiger partial charge in [0.1, 0.15) is 0 Å². The number of rotatable bonds is 6. The molecule has 2 aliphatic carbocycles. The summed E-state index contributed by atoms with van der Waals surface area (Å²) < 4.78 is 13.9. The Morgan fingerprint density at radius 2 is 1.00 bits per heavy atom. The Kier molecular flexibility index (Phi) is 8.93. The molecule has 0 fully saturated rings. The van der Waals surface area contributed by atoms with Gasteiger partial charge in [-0.2, -0.15) is 0 Å². The molecule has 0 N–H and O–H groups in total. The molecule has 42 heavy (non-hydrogen) atoms. The summed E-state index contributed by atoms with van der Waals surface area (Å²) in [6, 6.07) is 13.1. The molecule has 2 atom stereocenters. The Hall–Kier alpha value is -0.366. The van der Waals surface area contributed by atoms with Crippen LogP contribution < -0.4 is 8.85 Å². The predicted octanol–water partition coefficient (Wildman–Crippen LogP) is 12.3. The maximum absolute atomic E-state index is 8.38. The normalized spacial score (nSPS) is 19.6. The van der Waals surface area contributed by atoms with Gasteiger partial charge in [-0.25, -0.2) is 0 Å². The Labute approximate surface area is 266 Å². The van der Waals surface area contributed by atoms with Crippen molar-refractivity contribution in [2.45, 2.75) is 112 Å². The van der Waals surface area contributed by atoms with Crippen LogP contribution in [0.1, 0.15) is 84.9 Å². The molecule has 0 aliphatic heterocycles. The third kappa shape index (κ3) is 5.51. The van der Waals surface area contributed by atoms with Gasteiger partial charge >= 0.3 is 268 Å². The van der Waals surface area contributed by atoms with Gasteiger partial charge in [-0.05, 0) is 0 Å². The molecule has 230 valence electrons. The molecule has 0 bridgehead atoms. The predicted molar refractivity (Wildman–Crippen MR) is 191 cm³/mol. The molecule has 2 nitrogen and oxygen atoms in total. The van der Waals surface area contributed by atoms with Crippen LogP contribution in [-0.4, -0.2) is 22.1 Å². The van der Waals surface area contributed by atoms with E-state index in [1.54, 1.807) is 0 Å². The molecule has 8 heteroatoms. The van der Waals surface area contributed by atoms with Crippen molar-refractivity contribution < 1.29 is 23.9 Å². The van der Waals surface area contributed by atoms with E-state index in [0.717, 1.165) is 11.5 Å². The van der Waals surface area contributed by atoms with Crippen molar-refractivity contribution in [2.24, 2.45) is 0 Å². The summed E-state index contributed by atoms with van der Waals surface area (Å²) in [5.41, 5.74) is 6.34. The van der Waals surface area contributed by atoms with E-state index in [1.807, 2.05) is 0 Å². The van der Waals surface area contributed by atoms with Crippen LogP contribution in [0.15, 0.2) is 47.5 Å². The van der Waals surface area contributed by atoms with E-state index < -0.39 is 37.1 Å². The second-order valence-corrected chi connectivity index (χ2v) is 64.3. The molecule has 4 rings (SSSR count). The molecule has 0 spiro atoms. The van der Waals surface area contributed by atoms with Crippen LogP contribution in [0.25, 0.3) is 12.2 Å². The summed E-state index contributed by atoms with van der Waals surface area (Å²) >= 11 is -4.76. The van der Waals surface area contributed by atoms with Crippen LogP contribution in [-0.2, 0) is 15.0 Å². The average molecular weight is 739 g/mol. The summed E-state index contributed by atoms with van der Waals surface area (Å²) in [6.07, 6.45) is 4.66. The van der Waals surface area contributed by atoms with Gasteiger partial charge in [0.15, 0.2) is 0 Å². The van der Waals surface area contributed by atoms with E-state index >= 15 is 0 Å². The average Bonchev–Trinajstić information content (AvgIpc) is 3.35. The third-order valence-corrected chi connectivity index (χ3v) is 66.5. The van der Waals surface area contributed by atoms with Gasteiger partial charge in [0.05, 0.1) is 0 Å². The summed E-state index contributed by atoms with van der Waals surface area (Å²) in [7, 11) is 12.7. The number of halogens is 2. The zero-order chi connectivity index (χ0) is 31.9. The molecule has 0 amide bonds.